The summed E-state index contributed by atoms with van der Waals surface area (Å²) in [5.74, 6) is 0. The quantitative estimate of drug-likeness (QED) is 0.446. The predicted molar refractivity (Wildman–Crippen MR) is 82.1 cm³/mol. The first-order chi connectivity index (χ1) is 8.88. The molecular formula is C17H35N. The van der Waals surface area contributed by atoms with Crippen molar-refractivity contribution in [1.29, 1.82) is 0 Å². The van der Waals surface area contributed by atoms with E-state index in [1.165, 1.54) is 90.1 Å². The summed E-state index contributed by atoms with van der Waals surface area (Å²) in [6.45, 7) is 7.39. The highest BCUT2D eigenvalue weighted by atomic mass is 15.2. The van der Waals surface area contributed by atoms with Gasteiger partial charge in [-0.15, -0.1) is 0 Å². The molecule has 18 heavy (non-hydrogen) atoms. The summed E-state index contributed by atoms with van der Waals surface area (Å²) in [5.41, 5.74) is 0. The monoisotopic (exact) mass is 253 g/mol. The fourth-order valence-corrected chi connectivity index (χ4v) is 3.29. The van der Waals surface area contributed by atoms with Crippen LogP contribution in [0.15, 0.2) is 0 Å². The van der Waals surface area contributed by atoms with E-state index in [4.69, 9.17) is 0 Å². The van der Waals surface area contributed by atoms with Crippen molar-refractivity contribution < 1.29 is 0 Å². The summed E-state index contributed by atoms with van der Waals surface area (Å²) in [4.78, 5) is 2.76. The van der Waals surface area contributed by atoms with Crippen LogP contribution in [0.2, 0.25) is 0 Å². The molecular weight excluding hydrogens is 218 g/mol. The van der Waals surface area contributed by atoms with E-state index < -0.39 is 0 Å². The topological polar surface area (TPSA) is 3.24 Å². The van der Waals surface area contributed by atoms with Crippen LogP contribution in [0.25, 0.3) is 0 Å². The van der Waals surface area contributed by atoms with E-state index in [0.29, 0.717) is 0 Å². The molecule has 0 aromatic heterocycles. The van der Waals surface area contributed by atoms with Crippen LogP contribution in [-0.2, 0) is 0 Å². The second-order valence-electron chi connectivity index (χ2n) is 6.10. The largest absolute Gasteiger partial charge is 0.300 e. The van der Waals surface area contributed by atoms with Crippen molar-refractivity contribution in [1.82, 2.24) is 4.90 Å². The summed E-state index contributed by atoms with van der Waals surface area (Å²) >= 11 is 0. The number of hydrogen-bond donors (Lipinski definition) is 0. The molecule has 0 aromatic rings. The summed E-state index contributed by atoms with van der Waals surface area (Å²) in [7, 11) is 0. The molecule has 1 fully saturated rings. The lowest BCUT2D eigenvalue weighted by atomic mass is 10.0. The van der Waals surface area contributed by atoms with Gasteiger partial charge in [0.2, 0.25) is 0 Å². The van der Waals surface area contributed by atoms with Crippen molar-refractivity contribution in [3.8, 4) is 0 Å². The molecule has 0 saturated carbocycles. The normalized spacial score (nSPS) is 18.3. The van der Waals surface area contributed by atoms with Gasteiger partial charge in [-0.3, -0.25) is 0 Å². The third kappa shape index (κ3) is 6.78. The average Bonchev–Trinajstić information content (AvgIpc) is 2.90. The van der Waals surface area contributed by atoms with Crippen LogP contribution in [0, 0.1) is 0 Å². The molecule has 1 heteroatoms. The average molecular weight is 253 g/mol. The first-order valence-corrected chi connectivity index (χ1v) is 8.62. The molecule has 1 saturated heterocycles. The van der Waals surface area contributed by atoms with E-state index in [2.05, 4.69) is 18.7 Å². The lowest BCUT2D eigenvalue weighted by Gasteiger charge is -2.27. The fraction of sp³-hybridized carbons (Fsp3) is 1.00. The van der Waals surface area contributed by atoms with Crippen LogP contribution in [0.4, 0.5) is 0 Å². The van der Waals surface area contributed by atoms with Gasteiger partial charge < -0.3 is 4.90 Å². The summed E-state index contributed by atoms with van der Waals surface area (Å²) in [6, 6.07) is 0.910. The zero-order valence-electron chi connectivity index (χ0n) is 12.9. The Balaban J connectivity index is 2.02. The molecule has 1 nitrogen and oxygen atoms in total. The molecule has 1 heterocycles. The Morgan fingerprint density at radius 3 is 1.94 bits per heavy atom. The standard InChI is InChI=1S/C17H35N/c1-3-5-6-7-8-9-10-14-17(13-4-2)18-15-11-12-16-18/h17H,3-16H2,1-2H3. The number of nitrogens with zero attached hydrogens (tertiary/aromatic N) is 1. The highest BCUT2D eigenvalue weighted by Gasteiger charge is 2.20. The van der Waals surface area contributed by atoms with E-state index in [1.54, 1.807) is 0 Å². The fourth-order valence-electron chi connectivity index (χ4n) is 3.29. The molecule has 0 bridgehead atoms. The van der Waals surface area contributed by atoms with E-state index in [0.717, 1.165) is 6.04 Å². The van der Waals surface area contributed by atoms with Crippen molar-refractivity contribution in [2.45, 2.75) is 96.9 Å². The lowest BCUT2D eigenvalue weighted by Crippen LogP contribution is -2.32. The number of rotatable bonds is 11. The van der Waals surface area contributed by atoms with Gasteiger partial charge in [-0.1, -0.05) is 65.2 Å². The van der Waals surface area contributed by atoms with Gasteiger partial charge in [0.05, 0.1) is 0 Å². The zero-order chi connectivity index (χ0) is 13.1. The molecule has 0 radical (unpaired) electrons. The Kier molecular flexibility index (Phi) is 9.65. The number of likely N-dealkylation sites (tertiary alicyclic amines) is 1. The Labute approximate surface area is 115 Å². The molecule has 0 N–H and O–H groups in total. The van der Waals surface area contributed by atoms with Gasteiger partial charge in [-0.2, -0.15) is 0 Å². The van der Waals surface area contributed by atoms with Crippen LogP contribution in [0.1, 0.15) is 90.9 Å². The van der Waals surface area contributed by atoms with Crippen LogP contribution < -0.4 is 0 Å². The van der Waals surface area contributed by atoms with Crippen molar-refractivity contribution in [3.63, 3.8) is 0 Å². The summed E-state index contributed by atoms with van der Waals surface area (Å²) < 4.78 is 0. The van der Waals surface area contributed by atoms with Gasteiger partial charge >= 0.3 is 0 Å². The Morgan fingerprint density at radius 2 is 1.33 bits per heavy atom. The van der Waals surface area contributed by atoms with Crippen molar-refractivity contribution >= 4 is 0 Å². The van der Waals surface area contributed by atoms with Gasteiger partial charge in [0, 0.05) is 6.04 Å². The molecule has 1 unspecified atom stereocenters. The summed E-state index contributed by atoms with van der Waals surface area (Å²) in [6.07, 6.45) is 17.3. The minimum absolute atomic E-state index is 0.910. The highest BCUT2D eigenvalue weighted by Crippen LogP contribution is 2.20. The SMILES string of the molecule is CCCCCCCCCC(CCC)N1CCCC1. The molecule has 1 atom stereocenters. The van der Waals surface area contributed by atoms with E-state index in [1.807, 2.05) is 0 Å². The third-order valence-corrected chi connectivity index (χ3v) is 4.42. The Morgan fingerprint density at radius 1 is 0.722 bits per heavy atom. The molecule has 0 aliphatic carbocycles. The molecule has 1 aliphatic rings. The highest BCUT2D eigenvalue weighted by molar-refractivity contribution is 4.76. The Bertz CT molecular complexity index is 172. The maximum absolute atomic E-state index is 2.76. The number of unbranched alkanes of at least 4 members (excludes halogenated alkanes) is 6. The second-order valence-corrected chi connectivity index (χ2v) is 6.10. The second kappa shape index (κ2) is 10.8. The molecule has 1 aliphatic heterocycles. The van der Waals surface area contributed by atoms with Crippen molar-refractivity contribution in [2.24, 2.45) is 0 Å². The van der Waals surface area contributed by atoms with Gasteiger partial charge in [0.15, 0.2) is 0 Å². The maximum Gasteiger partial charge on any atom is 0.00951 e. The minimum atomic E-state index is 0.910. The van der Waals surface area contributed by atoms with Gasteiger partial charge in [-0.05, 0) is 38.8 Å². The predicted octanol–water partition coefficient (Wildman–Crippen LogP) is 5.39. The first kappa shape index (κ1) is 16.0. The van der Waals surface area contributed by atoms with Crippen LogP contribution in [0.3, 0.4) is 0 Å². The van der Waals surface area contributed by atoms with Crippen LogP contribution >= 0.6 is 0 Å². The first-order valence-electron chi connectivity index (χ1n) is 8.62. The molecule has 0 aromatic carbocycles. The van der Waals surface area contributed by atoms with E-state index >= 15 is 0 Å². The van der Waals surface area contributed by atoms with Gasteiger partial charge in [-0.25, -0.2) is 0 Å². The van der Waals surface area contributed by atoms with Crippen molar-refractivity contribution in [3.05, 3.63) is 0 Å². The smallest absolute Gasteiger partial charge is 0.00951 e. The maximum atomic E-state index is 2.76. The molecule has 1 rings (SSSR count). The van der Waals surface area contributed by atoms with E-state index in [9.17, 15) is 0 Å². The third-order valence-electron chi connectivity index (χ3n) is 4.42. The van der Waals surface area contributed by atoms with Gasteiger partial charge in [0.25, 0.3) is 0 Å². The molecule has 0 amide bonds. The van der Waals surface area contributed by atoms with Gasteiger partial charge in [0.1, 0.15) is 0 Å². The molecule has 108 valence electrons. The minimum Gasteiger partial charge on any atom is -0.300 e. The number of hydrogen-bond acceptors (Lipinski definition) is 1. The van der Waals surface area contributed by atoms with Crippen molar-refractivity contribution in [2.75, 3.05) is 13.1 Å². The lowest BCUT2D eigenvalue weighted by molar-refractivity contribution is 0.213. The zero-order valence-corrected chi connectivity index (χ0v) is 12.9. The van der Waals surface area contributed by atoms with Crippen LogP contribution in [0.5, 0.6) is 0 Å². The summed E-state index contributed by atoms with van der Waals surface area (Å²) in [5, 5.41) is 0. The Hall–Kier alpha value is -0.0400. The van der Waals surface area contributed by atoms with Crippen LogP contribution in [-0.4, -0.2) is 24.0 Å². The molecule has 0 spiro atoms. The van der Waals surface area contributed by atoms with E-state index in [-0.39, 0.29) is 0 Å².